The Kier molecular flexibility index (Phi) is 6.21. The SMILES string of the molecule is COc1ccc(C(C)=O)cc1COC(=O)/C=C/c1cccc([N+](=O)[O-])c1. The lowest BCUT2D eigenvalue weighted by atomic mass is 10.1. The zero-order valence-electron chi connectivity index (χ0n) is 14.3. The van der Waals surface area contributed by atoms with E-state index < -0.39 is 10.9 Å². The van der Waals surface area contributed by atoms with Gasteiger partial charge in [-0.25, -0.2) is 4.79 Å². The van der Waals surface area contributed by atoms with Crippen LogP contribution in [0.25, 0.3) is 6.08 Å². The van der Waals surface area contributed by atoms with Gasteiger partial charge in [0.15, 0.2) is 5.78 Å². The number of nitro groups is 1. The van der Waals surface area contributed by atoms with E-state index in [1.165, 1.54) is 44.4 Å². The smallest absolute Gasteiger partial charge is 0.331 e. The molecule has 0 spiro atoms. The number of non-ortho nitro benzene ring substituents is 1. The number of nitrogens with zero attached hydrogens (tertiary/aromatic N) is 1. The predicted molar refractivity (Wildman–Crippen MR) is 94.9 cm³/mol. The molecule has 0 unspecified atom stereocenters. The van der Waals surface area contributed by atoms with Gasteiger partial charge < -0.3 is 9.47 Å². The highest BCUT2D eigenvalue weighted by Crippen LogP contribution is 2.21. The Labute approximate surface area is 150 Å². The number of Topliss-reactive ketones (excluding diaryl/α,β-unsaturated/α-hetero) is 1. The molecule has 0 heterocycles. The fraction of sp³-hybridized carbons (Fsp3) is 0.158. The van der Waals surface area contributed by atoms with E-state index in [-0.39, 0.29) is 18.1 Å². The van der Waals surface area contributed by atoms with Gasteiger partial charge in [-0.2, -0.15) is 0 Å². The summed E-state index contributed by atoms with van der Waals surface area (Å²) in [6, 6.07) is 10.8. The van der Waals surface area contributed by atoms with Crippen LogP contribution in [0.3, 0.4) is 0 Å². The molecule has 7 heteroatoms. The summed E-state index contributed by atoms with van der Waals surface area (Å²) in [4.78, 5) is 33.6. The molecule has 0 saturated heterocycles. The van der Waals surface area contributed by atoms with E-state index in [0.29, 0.717) is 22.4 Å². The molecule has 0 radical (unpaired) electrons. The van der Waals surface area contributed by atoms with Crippen LogP contribution >= 0.6 is 0 Å². The number of ether oxygens (including phenoxy) is 2. The first-order valence-electron chi connectivity index (χ1n) is 7.68. The van der Waals surface area contributed by atoms with Crippen LogP contribution in [-0.4, -0.2) is 23.8 Å². The number of hydrogen-bond donors (Lipinski definition) is 0. The maximum Gasteiger partial charge on any atom is 0.331 e. The molecule has 0 aliphatic heterocycles. The number of nitro benzene ring substituents is 1. The van der Waals surface area contributed by atoms with Crippen LogP contribution in [0, 0.1) is 10.1 Å². The molecule has 0 N–H and O–H groups in total. The van der Waals surface area contributed by atoms with Crippen LogP contribution in [0.15, 0.2) is 48.5 Å². The van der Waals surface area contributed by atoms with Crippen LogP contribution in [-0.2, 0) is 16.1 Å². The summed E-state index contributed by atoms with van der Waals surface area (Å²) >= 11 is 0. The Bertz CT molecular complexity index is 872. The van der Waals surface area contributed by atoms with Crippen molar-refractivity contribution in [2.75, 3.05) is 7.11 Å². The number of carbonyl (C=O) groups is 2. The lowest BCUT2D eigenvalue weighted by Crippen LogP contribution is -2.04. The fourth-order valence-corrected chi connectivity index (χ4v) is 2.21. The van der Waals surface area contributed by atoms with Gasteiger partial charge in [0, 0.05) is 29.3 Å². The molecule has 0 aliphatic rings. The first-order chi connectivity index (χ1) is 12.4. The minimum atomic E-state index is -0.619. The third kappa shape index (κ3) is 5.01. The van der Waals surface area contributed by atoms with E-state index in [0.717, 1.165) is 0 Å². The van der Waals surface area contributed by atoms with Crippen molar-refractivity contribution < 1.29 is 24.0 Å². The molecule has 2 aromatic rings. The quantitative estimate of drug-likeness (QED) is 0.248. The van der Waals surface area contributed by atoms with Crippen LogP contribution in [0.5, 0.6) is 5.75 Å². The third-order valence-corrected chi connectivity index (χ3v) is 3.55. The molecule has 0 aromatic heterocycles. The summed E-state index contributed by atoms with van der Waals surface area (Å²) in [7, 11) is 1.48. The van der Waals surface area contributed by atoms with Crippen LogP contribution in [0.2, 0.25) is 0 Å². The summed E-state index contributed by atoms with van der Waals surface area (Å²) < 4.78 is 10.3. The van der Waals surface area contributed by atoms with Gasteiger partial charge in [-0.1, -0.05) is 12.1 Å². The average Bonchev–Trinajstić information content (AvgIpc) is 2.64. The molecule has 0 amide bonds. The van der Waals surface area contributed by atoms with Crippen molar-refractivity contribution in [2.45, 2.75) is 13.5 Å². The number of hydrogen-bond acceptors (Lipinski definition) is 6. The Balaban J connectivity index is 2.05. The van der Waals surface area contributed by atoms with Gasteiger partial charge in [-0.3, -0.25) is 14.9 Å². The average molecular weight is 355 g/mol. The molecule has 0 fully saturated rings. The Morgan fingerprint density at radius 3 is 2.62 bits per heavy atom. The molecule has 2 rings (SSSR count). The molecular weight excluding hydrogens is 338 g/mol. The van der Waals surface area contributed by atoms with Crippen molar-refractivity contribution in [3.63, 3.8) is 0 Å². The molecule has 0 aliphatic carbocycles. The van der Waals surface area contributed by atoms with E-state index in [1.54, 1.807) is 24.3 Å². The highest BCUT2D eigenvalue weighted by atomic mass is 16.6. The van der Waals surface area contributed by atoms with Crippen molar-refractivity contribution >= 4 is 23.5 Å². The number of benzene rings is 2. The highest BCUT2D eigenvalue weighted by Gasteiger charge is 2.09. The number of rotatable bonds is 7. The molecule has 0 bridgehead atoms. The van der Waals surface area contributed by atoms with Gasteiger partial charge >= 0.3 is 5.97 Å². The van der Waals surface area contributed by atoms with E-state index in [2.05, 4.69) is 0 Å². The first kappa shape index (κ1) is 18.9. The minimum absolute atomic E-state index is 0.0636. The van der Waals surface area contributed by atoms with E-state index in [4.69, 9.17) is 9.47 Å². The number of carbonyl (C=O) groups excluding carboxylic acids is 2. The van der Waals surface area contributed by atoms with Crippen LogP contribution in [0.4, 0.5) is 5.69 Å². The molecule has 26 heavy (non-hydrogen) atoms. The summed E-state index contributed by atoms with van der Waals surface area (Å²) in [5, 5.41) is 10.7. The second kappa shape index (κ2) is 8.57. The Morgan fingerprint density at radius 1 is 1.19 bits per heavy atom. The standard InChI is InChI=1S/C19H17NO6/c1-13(21)15-7-8-18(25-2)16(11-15)12-26-19(22)9-6-14-4-3-5-17(10-14)20(23)24/h3-11H,12H2,1-2H3/b9-6+. The Hall–Kier alpha value is -3.48. The molecule has 7 nitrogen and oxygen atoms in total. The van der Waals surface area contributed by atoms with Crippen molar-refractivity contribution in [1.82, 2.24) is 0 Å². The predicted octanol–water partition coefficient (Wildman–Crippen LogP) is 3.56. The zero-order chi connectivity index (χ0) is 19.1. The van der Waals surface area contributed by atoms with Gasteiger partial charge in [0.25, 0.3) is 5.69 Å². The maximum atomic E-state index is 11.9. The van der Waals surface area contributed by atoms with Crippen LogP contribution in [0.1, 0.15) is 28.4 Å². The van der Waals surface area contributed by atoms with E-state index in [9.17, 15) is 19.7 Å². The largest absolute Gasteiger partial charge is 0.496 e. The third-order valence-electron chi connectivity index (χ3n) is 3.55. The van der Waals surface area contributed by atoms with Crippen molar-refractivity contribution in [3.05, 3.63) is 75.3 Å². The number of ketones is 1. The molecule has 0 saturated carbocycles. The van der Waals surface area contributed by atoms with Crippen LogP contribution < -0.4 is 4.74 Å². The zero-order valence-corrected chi connectivity index (χ0v) is 14.3. The summed E-state index contributed by atoms with van der Waals surface area (Å²) in [6.07, 6.45) is 2.61. The first-order valence-corrected chi connectivity index (χ1v) is 7.68. The lowest BCUT2D eigenvalue weighted by Gasteiger charge is -2.09. The second-order valence-corrected chi connectivity index (χ2v) is 5.38. The second-order valence-electron chi connectivity index (χ2n) is 5.38. The summed E-state index contributed by atoms with van der Waals surface area (Å²) in [6.45, 7) is 1.38. The lowest BCUT2D eigenvalue weighted by molar-refractivity contribution is -0.384. The maximum absolute atomic E-state index is 11.9. The van der Waals surface area contributed by atoms with Crippen molar-refractivity contribution in [1.29, 1.82) is 0 Å². The highest BCUT2D eigenvalue weighted by molar-refractivity contribution is 5.94. The minimum Gasteiger partial charge on any atom is -0.496 e. The fourth-order valence-electron chi connectivity index (χ4n) is 2.21. The van der Waals surface area contributed by atoms with Crippen molar-refractivity contribution in [3.8, 4) is 5.75 Å². The summed E-state index contributed by atoms with van der Waals surface area (Å²) in [5.74, 6) is -0.219. The number of methoxy groups -OCH3 is 1. The molecule has 134 valence electrons. The summed E-state index contributed by atoms with van der Waals surface area (Å²) in [5.41, 5.74) is 1.50. The monoisotopic (exact) mass is 355 g/mol. The van der Waals surface area contributed by atoms with Gasteiger partial charge in [0.05, 0.1) is 12.0 Å². The Morgan fingerprint density at radius 2 is 1.96 bits per heavy atom. The van der Waals surface area contributed by atoms with Gasteiger partial charge in [-0.05, 0) is 36.8 Å². The van der Waals surface area contributed by atoms with E-state index in [1.807, 2.05) is 0 Å². The van der Waals surface area contributed by atoms with E-state index >= 15 is 0 Å². The molecular formula is C19H17NO6. The topological polar surface area (TPSA) is 95.7 Å². The van der Waals surface area contributed by atoms with Crippen molar-refractivity contribution in [2.24, 2.45) is 0 Å². The van der Waals surface area contributed by atoms with Gasteiger partial charge in [0.1, 0.15) is 12.4 Å². The molecule has 2 aromatic carbocycles. The van der Waals surface area contributed by atoms with Gasteiger partial charge in [-0.15, -0.1) is 0 Å². The molecule has 0 atom stereocenters. The number of esters is 1. The van der Waals surface area contributed by atoms with Gasteiger partial charge in [0.2, 0.25) is 0 Å². The normalized spacial score (nSPS) is 10.5.